The van der Waals surface area contributed by atoms with Crippen LogP contribution in [0.15, 0.2) is 30.9 Å². The van der Waals surface area contributed by atoms with E-state index in [9.17, 15) is 15.3 Å². The molecule has 43 heavy (non-hydrogen) atoms. The Morgan fingerprint density at radius 2 is 1.86 bits per heavy atom. The smallest absolute Gasteiger partial charge is 0.167 e. The molecule has 0 radical (unpaired) electrons. The number of aliphatic hydroxyl groups is 3. The first-order valence-electron chi connectivity index (χ1n) is 15.2. The summed E-state index contributed by atoms with van der Waals surface area (Å²) in [6.07, 6.45) is 0.315. The lowest BCUT2D eigenvalue weighted by molar-refractivity contribution is -0.0701. The van der Waals surface area contributed by atoms with Crippen LogP contribution in [0.3, 0.4) is 0 Å². The molecule has 6 rings (SSSR count). The van der Waals surface area contributed by atoms with Crippen LogP contribution in [0, 0.1) is 11.8 Å². The normalized spacial score (nSPS) is 27.8. The molecule has 12 heteroatoms. The van der Waals surface area contributed by atoms with Gasteiger partial charge in [-0.05, 0) is 61.6 Å². The van der Waals surface area contributed by atoms with E-state index in [1.807, 2.05) is 6.07 Å². The van der Waals surface area contributed by atoms with Crippen molar-refractivity contribution in [1.82, 2.24) is 34.4 Å². The van der Waals surface area contributed by atoms with E-state index in [0.717, 1.165) is 23.9 Å². The summed E-state index contributed by atoms with van der Waals surface area (Å²) in [5.41, 5.74) is 9.86. The molecular weight excluding hydrogens is 548 g/mol. The highest BCUT2D eigenvalue weighted by atomic mass is 16.6. The van der Waals surface area contributed by atoms with Gasteiger partial charge in [0, 0.05) is 18.6 Å². The molecule has 1 aromatic carbocycles. The number of anilines is 1. The Bertz CT molecular complexity index is 1590. The van der Waals surface area contributed by atoms with E-state index in [1.54, 1.807) is 4.57 Å². The molecule has 1 saturated carbocycles. The zero-order valence-corrected chi connectivity index (χ0v) is 25.7. The summed E-state index contributed by atoms with van der Waals surface area (Å²) < 4.78 is 7.84. The van der Waals surface area contributed by atoms with Gasteiger partial charge in [-0.25, -0.2) is 19.9 Å². The van der Waals surface area contributed by atoms with Crippen LogP contribution < -0.4 is 5.73 Å². The fourth-order valence-electron chi connectivity index (χ4n) is 6.63. The van der Waals surface area contributed by atoms with Crippen LogP contribution in [-0.2, 0) is 10.2 Å². The summed E-state index contributed by atoms with van der Waals surface area (Å²) in [6, 6.07) is 6.73. The Kier molecular flexibility index (Phi) is 7.70. The maximum atomic E-state index is 11.3. The van der Waals surface area contributed by atoms with E-state index in [2.05, 4.69) is 78.5 Å². The third-order valence-electron chi connectivity index (χ3n) is 9.56. The maximum Gasteiger partial charge on any atom is 0.167 e. The number of ether oxygens (including phenoxy) is 1. The lowest BCUT2D eigenvalue weighted by atomic mass is 9.70. The molecule has 4 aromatic rings. The van der Waals surface area contributed by atoms with Gasteiger partial charge < -0.3 is 30.8 Å². The van der Waals surface area contributed by atoms with E-state index in [4.69, 9.17) is 15.5 Å². The predicted molar refractivity (Wildman–Crippen MR) is 163 cm³/mol. The number of aliphatic hydroxyl groups excluding tert-OH is 3. The predicted octanol–water partition coefficient (Wildman–Crippen LogP) is 3.06. The minimum atomic E-state index is -1.15. The largest absolute Gasteiger partial charge is 0.387 e. The van der Waals surface area contributed by atoms with E-state index >= 15 is 0 Å². The van der Waals surface area contributed by atoms with Crippen molar-refractivity contribution in [3.05, 3.63) is 42.2 Å². The van der Waals surface area contributed by atoms with Crippen LogP contribution in [0.5, 0.6) is 0 Å². The summed E-state index contributed by atoms with van der Waals surface area (Å²) in [7, 11) is 0. The molecule has 12 nitrogen and oxygen atoms in total. The number of aromatic amines is 1. The molecule has 1 unspecified atom stereocenters. The summed E-state index contributed by atoms with van der Waals surface area (Å²) in [5, 5.41) is 33.2. The number of hydrogen-bond acceptors (Lipinski definition) is 10. The molecule has 1 aliphatic carbocycles. The Hall–Kier alpha value is -3.16. The van der Waals surface area contributed by atoms with Crippen molar-refractivity contribution in [3.63, 3.8) is 0 Å². The van der Waals surface area contributed by atoms with Crippen LogP contribution in [0.25, 0.3) is 22.2 Å². The average molecular weight is 593 g/mol. The van der Waals surface area contributed by atoms with E-state index in [1.165, 1.54) is 18.2 Å². The van der Waals surface area contributed by atoms with Gasteiger partial charge in [0.05, 0.1) is 17.4 Å². The lowest BCUT2D eigenvalue weighted by Crippen LogP contribution is -2.53. The minimum Gasteiger partial charge on any atom is -0.387 e. The fraction of sp³-hybridized carbons (Fsp3) is 0.613. The first kappa shape index (κ1) is 29.9. The summed E-state index contributed by atoms with van der Waals surface area (Å²) in [4.78, 5) is 22.9. The number of aromatic nitrogens is 6. The zero-order valence-electron chi connectivity index (χ0n) is 25.7. The molecule has 6 atom stereocenters. The number of nitrogens with zero attached hydrogens (tertiary/aromatic N) is 6. The number of fused-ring (bicyclic) bond motifs is 2. The van der Waals surface area contributed by atoms with Crippen molar-refractivity contribution in [2.75, 3.05) is 12.3 Å². The summed E-state index contributed by atoms with van der Waals surface area (Å²) >= 11 is 0. The second-order valence-electron chi connectivity index (χ2n) is 13.7. The van der Waals surface area contributed by atoms with Gasteiger partial charge in [0.1, 0.15) is 42.1 Å². The maximum absolute atomic E-state index is 11.3. The topological polar surface area (TPSA) is 171 Å². The van der Waals surface area contributed by atoms with Gasteiger partial charge in [-0.1, -0.05) is 33.8 Å². The Morgan fingerprint density at radius 1 is 1.12 bits per heavy atom. The standard InChI is InChI=1S/C31H44N8O4/c1-15(2)38(12-22-25(41)26(42)30(43-22)39-14-35-23-27(32)33-13-34-29(23)39)19-9-17(10-19)16(3)24(40)28-36-20-8-7-18(31(4,5)6)11-21(20)37-28/h7-8,11,13-17,19,22,24-26,30,40-42H,9-10,12H2,1-6H3,(H,36,37)(H2,32,33,34)/t16-,17?,19?,22+,24?,25+,26+,30+/m0/s1. The van der Waals surface area contributed by atoms with Crippen LogP contribution in [-0.4, -0.2) is 86.6 Å². The number of rotatable bonds is 8. The zero-order chi connectivity index (χ0) is 30.8. The van der Waals surface area contributed by atoms with Crippen LogP contribution in [0.4, 0.5) is 5.82 Å². The lowest BCUT2D eigenvalue weighted by Gasteiger charge is -2.48. The second kappa shape index (κ2) is 11.1. The number of nitrogen functional groups attached to an aromatic ring is 1. The van der Waals surface area contributed by atoms with Gasteiger partial charge in [-0.3, -0.25) is 9.47 Å². The third kappa shape index (κ3) is 5.40. The Balaban J connectivity index is 1.10. The molecule has 3 aromatic heterocycles. The SMILES string of the molecule is CC(C)N(C[C@H]1O[C@@H](n2cnc3c(N)ncnc32)[C@H](O)[C@@H]1O)C1CC([C@H](C)C(O)c2nc3ccc(C(C)(C)C)cc3[nH]2)C1. The second-order valence-corrected chi connectivity index (χ2v) is 13.7. The van der Waals surface area contributed by atoms with E-state index in [-0.39, 0.29) is 29.2 Å². The van der Waals surface area contributed by atoms with Gasteiger partial charge in [0.2, 0.25) is 0 Å². The van der Waals surface area contributed by atoms with E-state index in [0.29, 0.717) is 29.5 Å². The molecule has 0 bridgehead atoms. The molecule has 0 spiro atoms. The van der Waals surface area contributed by atoms with Crippen LogP contribution >= 0.6 is 0 Å². The Morgan fingerprint density at radius 3 is 2.56 bits per heavy atom. The monoisotopic (exact) mass is 592 g/mol. The summed E-state index contributed by atoms with van der Waals surface area (Å²) in [6.45, 7) is 13.4. The van der Waals surface area contributed by atoms with Crippen molar-refractivity contribution in [1.29, 1.82) is 0 Å². The van der Waals surface area contributed by atoms with Crippen molar-refractivity contribution in [2.45, 2.75) is 103 Å². The molecule has 2 aliphatic rings. The molecule has 1 saturated heterocycles. The van der Waals surface area contributed by atoms with Crippen molar-refractivity contribution < 1.29 is 20.1 Å². The van der Waals surface area contributed by atoms with Gasteiger partial charge in [0.25, 0.3) is 0 Å². The molecule has 2 fully saturated rings. The van der Waals surface area contributed by atoms with Crippen LogP contribution in [0.2, 0.25) is 0 Å². The molecule has 1 aliphatic heterocycles. The first-order chi connectivity index (χ1) is 20.3. The molecule has 4 heterocycles. The number of H-pyrrole nitrogens is 1. The molecule has 0 amide bonds. The quantitative estimate of drug-likeness (QED) is 0.205. The third-order valence-corrected chi connectivity index (χ3v) is 9.56. The minimum absolute atomic E-state index is 0.0244. The fourth-order valence-corrected chi connectivity index (χ4v) is 6.63. The van der Waals surface area contributed by atoms with Crippen LogP contribution in [0.1, 0.15) is 78.1 Å². The van der Waals surface area contributed by atoms with Gasteiger partial charge in [-0.15, -0.1) is 0 Å². The first-order valence-corrected chi connectivity index (χ1v) is 15.2. The molecule has 232 valence electrons. The number of hydrogen-bond donors (Lipinski definition) is 5. The highest BCUT2D eigenvalue weighted by Crippen LogP contribution is 2.43. The van der Waals surface area contributed by atoms with Crippen molar-refractivity contribution >= 4 is 28.0 Å². The number of imidazole rings is 2. The number of benzene rings is 1. The molecule has 6 N–H and O–H groups in total. The van der Waals surface area contributed by atoms with Gasteiger partial charge in [-0.2, -0.15) is 0 Å². The Labute approximate surface area is 251 Å². The highest BCUT2D eigenvalue weighted by molar-refractivity contribution is 5.81. The van der Waals surface area contributed by atoms with Crippen molar-refractivity contribution in [3.8, 4) is 0 Å². The summed E-state index contributed by atoms with van der Waals surface area (Å²) in [5.74, 6) is 1.21. The van der Waals surface area contributed by atoms with Gasteiger partial charge in [0.15, 0.2) is 17.7 Å². The average Bonchev–Trinajstić information content (AvgIpc) is 3.62. The van der Waals surface area contributed by atoms with Crippen molar-refractivity contribution in [2.24, 2.45) is 11.8 Å². The van der Waals surface area contributed by atoms with E-state index < -0.39 is 30.6 Å². The number of nitrogens with one attached hydrogen (secondary N) is 1. The van der Waals surface area contributed by atoms with Gasteiger partial charge >= 0.3 is 0 Å². The number of nitrogens with two attached hydrogens (primary N) is 1. The highest BCUT2D eigenvalue weighted by Gasteiger charge is 2.47. The molecular formula is C31H44N8O4.